The first-order valence-corrected chi connectivity index (χ1v) is 8.89. The third kappa shape index (κ3) is 4.03. The Morgan fingerprint density at radius 1 is 1.28 bits per heavy atom. The van der Waals surface area contributed by atoms with Gasteiger partial charge in [-0.1, -0.05) is 0 Å². The summed E-state index contributed by atoms with van der Waals surface area (Å²) in [7, 11) is 1.67. The summed E-state index contributed by atoms with van der Waals surface area (Å²) in [6.45, 7) is 2.01. The van der Waals surface area contributed by atoms with Crippen molar-refractivity contribution in [3.63, 3.8) is 0 Å². The number of methoxy groups -OCH3 is 1. The van der Waals surface area contributed by atoms with Crippen molar-refractivity contribution < 1.29 is 4.74 Å². The average molecular weight is 352 g/mol. The lowest BCUT2D eigenvalue weighted by Crippen LogP contribution is -1.95. The minimum Gasteiger partial charge on any atom is -0.496 e. The van der Waals surface area contributed by atoms with Crippen LogP contribution in [0.25, 0.3) is 5.69 Å². The van der Waals surface area contributed by atoms with Gasteiger partial charge in [-0.2, -0.15) is 0 Å². The third-order valence-electron chi connectivity index (χ3n) is 3.88. The van der Waals surface area contributed by atoms with Gasteiger partial charge in [0.1, 0.15) is 5.75 Å². The zero-order valence-electron chi connectivity index (χ0n) is 14.2. The van der Waals surface area contributed by atoms with Crippen molar-refractivity contribution >= 4 is 28.7 Å². The van der Waals surface area contributed by atoms with Crippen molar-refractivity contribution in [1.82, 2.24) is 9.55 Å². The van der Waals surface area contributed by atoms with Crippen LogP contribution in [0.5, 0.6) is 5.75 Å². The highest BCUT2D eigenvalue weighted by atomic mass is 32.2. The van der Waals surface area contributed by atoms with Gasteiger partial charge in [0.05, 0.1) is 29.7 Å². The first kappa shape index (κ1) is 17.1. The average Bonchev–Trinajstić information content (AvgIpc) is 3.16. The van der Waals surface area contributed by atoms with Gasteiger partial charge < -0.3 is 15.0 Å². The van der Waals surface area contributed by atoms with Crippen molar-refractivity contribution in [2.75, 3.05) is 12.8 Å². The zero-order valence-corrected chi connectivity index (χ0v) is 15.0. The molecule has 2 N–H and O–H groups in total. The van der Waals surface area contributed by atoms with E-state index in [2.05, 4.69) is 9.98 Å². The van der Waals surface area contributed by atoms with E-state index in [9.17, 15) is 0 Å². The fourth-order valence-electron chi connectivity index (χ4n) is 2.45. The van der Waals surface area contributed by atoms with Crippen molar-refractivity contribution in [3.8, 4) is 11.4 Å². The lowest BCUT2D eigenvalue weighted by Gasteiger charge is -2.08. The van der Waals surface area contributed by atoms with Gasteiger partial charge in [-0.3, -0.25) is 4.98 Å². The van der Waals surface area contributed by atoms with Crippen LogP contribution in [0, 0.1) is 6.92 Å². The molecule has 0 saturated heterocycles. The van der Waals surface area contributed by atoms with Gasteiger partial charge in [-0.05, 0) is 43.3 Å². The fraction of sp³-hybridized carbons (Fsp3) is 0.158. The molecule has 0 spiro atoms. The van der Waals surface area contributed by atoms with Gasteiger partial charge in [0, 0.05) is 35.6 Å². The number of ether oxygens (including phenoxy) is 1. The van der Waals surface area contributed by atoms with Gasteiger partial charge in [0.25, 0.3) is 0 Å². The van der Waals surface area contributed by atoms with E-state index >= 15 is 0 Å². The number of aliphatic imine (C=N–C) groups is 1. The second-order valence-electron chi connectivity index (χ2n) is 5.46. The molecule has 1 aromatic carbocycles. The molecule has 25 heavy (non-hydrogen) atoms. The van der Waals surface area contributed by atoms with Crippen LogP contribution >= 0.6 is 11.8 Å². The predicted molar refractivity (Wildman–Crippen MR) is 105 cm³/mol. The quantitative estimate of drug-likeness (QED) is 0.406. The van der Waals surface area contributed by atoms with Gasteiger partial charge >= 0.3 is 0 Å². The lowest BCUT2D eigenvalue weighted by molar-refractivity contribution is 0.410. The summed E-state index contributed by atoms with van der Waals surface area (Å²) < 4.78 is 7.35. The molecule has 3 aromatic rings. The van der Waals surface area contributed by atoms with Crippen molar-refractivity contribution in [1.29, 1.82) is 0 Å². The van der Waals surface area contributed by atoms with Crippen molar-refractivity contribution in [2.24, 2.45) is 4.99 Å². The molecule has 0 aliphatic carbocycles. The maximum Gasteiger partial charge on any atom is 0.125 e. The van der Waals surface area contributed by atoms with Crippen LogP contribution in [-0.4, -0.2) is 22.2 Å². The molecule has 0 bridgehead atoms. The number of anilines is 1. The largest absolute Gasteiger partial charge is 0.496 e. The smallest absolute Gasteiger partial charge is 0.125 e. The van der Waals surface area contributed by atoms with Crippen LogP contribution in [0.1, 0.15) is 11.3 Å². The van der Waals surface area contributed by atoms with Crippen molar-refractivity contribution in [3.05, 3.63) is 66.2 Å². The normalized spacial score (nSPS) is 11.1. The van der Waals surface area contributed by atoms with Crippen LogP contribution in [-0.2, 0) is 5.75 Å². The Kier molecular flexibility index (Phi) is 5.40. The number of nitrogen functional groups attached to an aromatic ring is 1. The van der Waals surface area contributed by atoms with E-state index in [0.29, 0.717) is 5.69 Å². The highest BCUT2D eigenvalue weighted by molar-refractivity contribution is 8.11. The summed E-state index contributed by atoms with van der Waals surface area (Å²) in [6.07, 6.45) is 5.74. The summed E-state index contributed by atoms with van der Waals surface area (Å²) in [5.41, 5.74) is 12.3. The molecule has 2 aromatic heterocycles. The Bertz CT molecular complexity index is 875. The molecule has 0 aliphatic rings. The fourth-order valence-corrected chi connectivity index (χ4v) is 3.16. The maximum atomic E-state index is 6.04. The lowest BCUT2D eigenvalue weighted by atomic mass is 10.2. The van der Waals surface area contributed by atoms with Gasteiger partial charge in [0.15, 0.2) is 0 Å². The molecule has 5 nitrogen and oxygen atoms in total. The van der Waals surface area contributed by atoms with Crippen LogP contribution in [0.2, 0.25) is 0 Å². The SMILES string of the molecule is COc1ccnc(CSC=Nc2cc(-n3cccc3)ccc2N)c1C. The molecular weight excluding hydrogens is 332 g/mol. The Morgan fingerprint density at radius 2 is 2.08 bits per heavy atom. The number of aromatic nitrogens is 2. The Balaban J connectivity index is 1.70. The van der Waals surface area contributed by atoms with Crippen LogP contribution in [0.3, 0.4) is 0 Å². The topological polar surface area (TPSA) is 65.4 Å². The molecule has 2 heterocycles. The van der Waals surface area contributed by atoms with E-state index in [0.717, 1.165) is 34.1 Å². The predicted octanol–water partition coefficient (Wildman–Crippen LogP) is 4.36. The van der Waals surface area contributed by atoms with Crippen molar-refractivity contribution in [2.45, 2.75) is 12.7 Å². The maximum absolute atomic E-state index is 6.04. The molecule has 0 saturated carbocycles. The molecule has 3 rings (SSSR count). The summed E-state index contributed by atoms with van der Waals surface area (Å²) >= 11 is 1.57. The highest BCUT2D eigenvalue weighted by Gasteiger charge is 2.05. The van der Waals surface area contributed by atoms with Gasteiger partial charge in [-0.25, -0.2) is 4.99 Å². The summed E-state index contributed by atoms with van der Waals surface area (Å²) in [5, 5.41) is 0. The molecule has 0 radical (unpaired) electrons. The molecule has 0 unspecified atom stereocenters. The Labute approximate surface area is 151 Å². The van der Waals surface area contributed by atoms with E-state index in [1.54, 1.807) is 25.1 Å². The number of nitrogens with zero attached hydrogens (tertiary/aromatic N) is 3. The first-order valence-electron chi connectivity index (χ1n) is 7.84. The van der Waals surface area contributed by atoms with E-state index < -0.39 is 0 Å². The molecule has 0 amide bonds. The second kappa shape index (κ2) is 7.90. The molecule has 0 fully saturated rings. The Morgan fingerprint density at radius 3 is 2.84 bits per heavy atom. The summed E-state index contributed by atoms with van der Waals surface area (Å²) in [6, 6.07) is 11.7. The molecule has 128 valence electrons. The Hall–Kier alpha value is -2.73. The van der Waals surface area contributed by atoms with E-state index in [-0.39, 0.29) is 0 Å². The minimum atomic E-state index is 0.656. The standard InChI is InChI=1S/C19H20N4OS/c1-14-18(21-8-7-19(14)24-2)12-25-13-22-17-11-15(5-6-16(17)20)23-9-3-4-10-23/h3-11,13H,12,20H2,1-2H3. The first-order chi connectivity index (χ1) is 12.2. The second-order valence-corrected chi connectivity index (χ2v) is 6.30. The third-order valence-corrected chi connectivity index (χ3v) is 4.58. The molecule has 0 aliphatic heterocycles. The van der Waals surface area contributed by atoms with E-state index in [1.807, 2.05) is 65.8 Å². The summed E-state index contributed by atoms with van der Waals surface area (Å²) in [4.78, 5) is 8.91. The molecular formula is C19H20N4OS. The zero-order chi connectivity index (χ0) is 17.6. The number of benzene rings is 1. The van der Waals surface area contributed by atoms with Gasteiger partial charge in [0.2, 0.25) is 0 Å². The molecule has 0 atom stereocenters. The van der Waals surface area contributed by atoms with E-state index in [1.165, 1.54) is 0 Å². The number of hydrogen-bond acceptors (Lipinski definition) is 5. The monoisotopic (exact) mass is 352 g/mol. The van der Waals surface area contributed by atoms with Crippen LogP contribution < -0.4 is 10.5 Å². The highest BCUT2D eigenvalue weighted by Crippen LogP contribution is 2.26. The van der Waals surface area contributed by atoms with Crippen LogP contribution in [0.15, 0.2) is 60.0 Å². The number of thioether (sulfide) groups is 1. The molecule has 6 heteroatoms. The van der Waals surface area contributed by atoms with Crippen LogP contribution in [0.4, 0.5) is 11.4 Å². The summed E-state index contributed by atoms with van der Waals surface area (Å²) in [5.74, 6) is 1.58. The number of nitrogens with two attached hydrogens (primary N) is 1. The number of rotatable bonds is 6. The van der Waals surface area contributed by atoms with Gasteiger partial charge in [-0.15, -0.1) is 11.8 Å². The minimum absolute atomic E-state index is 0.656. The number of hydrogen-bond donors (Lipinski definition) is 1. The number of pyridine rings is 1. The van der Waals surface area contributed by atoms with E-state index in [4.69, 9.17) is 10.5 Å².